The molecule has 2 atom stereocenters. The fourth-order valence-electron chi connectivity index (χ4n) is 9.51. The van der Waals surface area contributed by atoms with Crippen LogP contribution in [0.4, 0.5) is 77.2 Å². The zero-order valence-corrected chi connectivity index (χ0v) is 34.0. The summed E-state index contributed by atoms with van der Waals surface area (Å²) in [6.45, 7) is 4.45. The summed E-state index contributed by atoms with van der Waals surface area (Å²) in [6.07, 6.45) is 0. The van der Waals surface area contributed by atoms with Crippen molar-refractivity contribution in [2.24, 2.45) is 0 Å². The van der Waals surface area contributed by atoms with Gasteiger partial charge in [-0.2, -0.15) is 0 Å². The lowest BCUT2D eigenvalue weighted by Gasteiger charge is -2.47. The number of benzene rings is 5. The molecular weight excluding hydrogens is 857 g/mol. The zero-order chi connectivity index (χ0) is 44.5. The third-order valence-electron chi connectivity index (χ3n) is 11.6. The Morgan fingerprint density at radius 2 is 0.850 bits per heavy atom. The lowest BCUT2D eigenvalue weighted by molar-refractivity contribution is 0.376. The maximum atomic E-state index is 16.7. The van der Waals surface area contributed by atoms with E-state index in [0.29, 0.717) is 5.69 Å². The SMILES string of the molecule is C[Si](C)(C)[C@@H]1B2N(c3ccccc3)c3ccccc3[C@@]2([Si](C)(C)C)C(B(c2c(F)c(F)c(F)c(F)c2F)c2c(F)c(F)c(F)c(F)c2F)=C1c1c(F)c(F)c(F)c(F)c1F. The standard InChI is InChI=1S/C40H28B2F15NSi2/c1-59(2,3)39-20(19-23(43)29(49)35(55)30(50)24(19)44)38(40(60(4,5)6)17-14-10-11-15-18(17)58(42(39)40)16-12-8-7-9-13-16)41(21-25(45)31(51)36(56)32(52)26(21)46)22-27(47)33(53)37(57)34(54)28(22)48/h7-15,39H,1-6H3/t39-,40+/m0/s1. The first-order valence-electron chi connectivity index (χ1n) is 18.1. The molecule has 0 spiro atoms. The molecule has 0 saturated carbocycles. The van der Waals surface area contributed by atoms with Crippen LogP contribution >= 0.6 is 0 Å². The predicted octanol–water partition coefficient (Wildman–Crippen LogP) is 11.1. The molecule has 0 radical (unpaired) electrons. The molecule has 5 aromatic carbocycles. The van der Waals surface area contributed by atoms with E-state index in [1.807, 2.05) is 0 Å². The molecule has 0 saturated heterocycles. The van der Waals surface area contributed by atoms with Crippen molar-refractivity contribution in [2.75, 3.05) is 4.81 Å². The van der Waals surface area contributed by atoms with Crippen molar-refractivity contribution in [3.8, 4) is 0 Å². The molecule has 2 aliphatic heterocycles. The highest BCUT2D eigenvalue weighted by atomic mass is 28.3. The minimum atomic E-state index is -3.80. The second-order valence-electron chi connectivity index (χ2n) is 16.7. The Hall–Kier alpha value is -4.85. The van der Waals surface area contributed by atoms with Gasteiger partial charge < -0.3 is 4.81 Å². The highest BCUT2D eigenvalue weighted by molar-refractivity contribution is 7.09. The van der Waals surface area contributed by atoms with Crippen molar-refractivity contribution < 1.29 is 65.9 Å². The minimum Gasteiger partial charge on any atom is -0.385 e. The molecule has 60 heavy (non-hydrogen) atoms. The lowest BCUT2D eigenvalue weighted by atomic mass is 9.30. The fraction of sp³-hybridized carbons (Fsp3) is 0.200. The molecule has 5 aromatic rings. The molecule has 20 heteroatoms. The Kier molecular flexibility index (Phi) is 10.4. The van der Waals surface area contributed by atoms with E-state index in [2.05, 4.69) is 0 Å². The first-order chi connectivity index (χ1) is 27.9. The van der Waals surface area contributed by atoms with Crippen LogP contribution in [-0.4, -0.2) is 29.7 Å². The average molecular weight is 885 g/mol. The highest BCUT2D eigenvalue weighted by Crippen LogP contribution is 2.67. The molecule has 0 aliphatic carbocycles. The van der Waals surface area contributed by atoms with Crippen LogP contribution in [0.3, 0.4) is 0 Å². The normalized spacial score (nSPS) is 17.9. The third kappa shape index (κ3) is 5.71. The Balaban J connectivity index is 1.90. The van der Waals surface area contributed by atoms with Crippen LogP contribution < -0.4 is 15.7 Å². The van der Waals surface area contributed by atoms with Crippen molar-refractivity contribution in [3.63, 3.8) is 0 Å². The molecule has 1 nitrogen and oxygen atoms in total. The summed E-state index contributed by atoms with van der Waals surface area (Å²) < 4.78 is 237. The minimum absolute atomic E-state index is 0.0351. The molecule has 2 aliphatic rings. The van der Waals surface area contributed by atoms with E-state index < -0.39 is 155 Å². The van der Waals surface area contributed by atoms with Gasteiger partial charge in [0, 0.05) is 35.3 Å². The predicted molar refractivity (Wildman–Crippen MR) is 204 cm³/mol. The van der Waals surface area contributed by atoms with Gasteiger partial charge in [0.05, 0.1) is 13.6 Å². The number of anilines is 2. The molecule has 2 heterocycles. The monoisotopic (exact) mass is 885 g/mol. The van der Waals surface area contributed by atoms with Crippen molar-refractivity contribution in [3.05, 3.63) is 158 Å². The van der Waals surface area contributed by atoms with Gasteiger partial charge in [-0.1, -0.05) is 81.2 Å². The quantitative estimate of drug-likeness (QED) is 0.0681. The molecule has 0 amide bonds. The van der Waals surface area contributed by atoms with Gasteiger partial charge in [0.1, 0.15) is 0 Å². The fourth-order valence-corrected chi connectivity index (χ4v) is 15.5. The molecule has 7 rings (SSSR count). The summed E-state index contributed by atoms with van der Waals surface area (Å²) in [7, 11) is -7.34. The maximum Gasteiger partial charge on any atom is 0.276 e. The van der Waals surface area contributed by atoms with E-state index in [4.69, 9.17) is 0 Å². The van der Waals surface area contributed by atoms with E-state index >= 15 is 52.7 Å². The molecule has 0 aromatic heterocycles. The number of para-hydroxylation sites is 2. The number of halogens is 15. The molecule has 0 N–H and O–H groups in total. The molecule has 0 fully saturated rings. The summed E-state index contributed by atoms with van der Waals surface area (Å²) in [4.78, 5) is -0.644. The Morgan fingerprint density at radius 3 is 1.25 bits per heavy atom. The van der Waals surface area contributed by atoms with Crippen molar-refractivity contribution >= 4 is 57.6 Å². The summed E-state index contributed by atoms with van der Waals surface area (Å²) in [6, 6.07) is 13.7. The number of nitrogens with zero attached hydrogens (tertiary/aromatic N) is 1. The second kappa shape index (κ2) is 14.4. The number of hydrogen-bond acceptors (Lipinski definition) is 1. The van der Waals surface area contributed by atoms with Gasteiger partial charge in [0.15, 0.2) is 81.4 Å². The summed E-state index contributed by atoms with van der Waals surface area (Å²) in [5.74, 6) is -40.8. The van der Waals surface area contributed by atoms with Crippen LogP contribution in [-0.2, 0) is 4.94 Å². The van der Waals surface area contributed by atoms with Gasteiger partial charge in [-0.25, -0.2) is 65.9 Å². The smallest absolute Gasteiger partial charge is 0.276 e. The number of allylic oxidation sites excluding steroid dienone is 2. The number of hydrogen-bond donors (Lipinski definition) is 0. The van der Waals surface area contributed by atoms with Gasteiger partial charge >= 0.3 is 0 Å². The van der Waals surface area contributed by atoms with Crippen molar-refractivity contribution in [1.82, 2.24) is 0 Å². The Labute approximate surface area is 335 Å². The molecule has 0 unspecified atom stereocenters. The molecular formula is C40H28B2F15NSi2. The van der Waals surface area contributed by atoms with Gasteiger partial charge in [0.25, 0.3) is 13.6 Å². The van der Waals surface area contributed by atoms with Gasteiger partial charge in [-0.15, -0.1) is 0 Å². The van der Waals surface area contributed by atoms with Crippen LogP contribution in [0.15, 0.2) is 60.1 Å². The first kappa shape index (κ1) is 43.2. The average Bonchev–Trinajstić information content (AvgIpc) is 3.68. The number of fused-ring (bicyclic) bond motifs is 3. The lowest BCUT2D eigenvalue weighted by Crippen LogP contribution is -2.67. The van der Waals surface area contributed by atoms with Crippen molar-refractivity contribution in [1.29, 1.82) is 0 Å². The Morgan fingerprint density at radius 1 is 0.483 bits per heavy atom. The third-order valence-corrected chi connectivity index (χ3v) is 17.3. The van der Waals surface area contributed by atoms with E-state index in [9.17, 15) is 13.2 Å². The van der Waals surface area contributed by atoms with E-state index in [0.717, 1.165) is 0 Å². The highest BCUT2D eigenvalue weighted by Gasteiger charge is 2.73. The van der Waals surface area contributed by atoms with E-state index in [1.54, 1.807) is 74.4 Å². The summed E-state index contributed by atoms with van der Waals surface area (Å²) >= 11 is 0. The van der Waals surface area contributed by atoms with Crippen LogP contribution in [0, 0.1) is 87.3 Å². The maximum absolute atomic E-state index is 16.7. The largest absolute Gasteiger partial charge is 0.385 e. The topological polar surface area (TPSA) is 3.24 Å². The van der Waals surface area contributed by atoms with Crippen LogP contribution in [0.25, 0.3) is 5.57 Å². The van der Waals surface area contributed by atoms with Gasteiger partial charge in [-0.3, -0.25) is 0 Å². The summed E-state index contributed by atoms with van der Waals surface area (Å²) in [5.41, 5.74) is -9.39. The van der Waals surface area contributed by atoms with Crippen molar-refractivity contribution in [2.45, 2.75) is 49.7 Å². The van der Waals surface area contributed by atoms with E-state index in [1.165, 1.54) is 24.3 Å². The van der Waals surface area contributed by atoms with Gasteiger partial charge in [-0.05, 0) is 34.8 Å². The molecule has 312 valence electrons. The van der Waals surface area contributed by atoms with Crippen LogP contribution in [0.5, 0.6) is 0 Å². The molecule has 0 bridgehead atoms. The Bertz CT molecular complexity index is 2530. The summed E-state index contributed by atoms with van der Waals surface area (Å²) in [5, 5.41) is 0. The zero-order valence-electron chi connectivity index (χ0n) is 32.0. The van der Waals surface area contributed by atoms with E-state index in [-0.39, 0.29) is 11.3 Å². The van der Waals surface area contributed by atoms with Crippen LogP contribution in [0.1, 0.15) is 11.1 Å². The first-order valence-corrected chi connectivity index (χ1v) is 25.2. The van der Waals surface area contributed by atoms with Gasteiger partial charge in [0.2, 0.25) is 5.82 Å². The van der Waals surface area contributed by atoms with Crippen LogP contribution in [0.2, 0.25) is 44.7 Å². The second-order valence-corrected chi connectivity index (χ2v) is 27.4. The number of rotatable bonds is 7.